The topological polar surface area (TPSA) is 52.3 Å². The molecule has 0 radical (unpaired) electrons. The highest BCUT2D eigenvalue weighted by molar-refractivity contribution is 7.99. The van der Waals surface area contributed by atoms with Gasteiger partial charge in [0.2, 0.25) is 0 Å². The van der Waals surface area contributed by atoms with Gasteiger partial charge in [-0.05, 0) is 38.5 Å². The lowest BCUT2D eigenvalue weighted by molar-refractivity contribution is -0.146. The molecule has 0 aliphatic heterocycles. The monoisotopic (exact) mass is 253 g/mol. The Morgan fingerprint density at radius 1 is 1.29 bits per heavy atom. The number of esters is 1. The second-order valence-corrected chi connectivity index (χ2v) is 5.51. The van der Waals surface area contributed by atoms with Crippen molar-refractivity contribution in [3.8, 4) is 0 Å². The van der Waals surface area contributed by atoms with Gasteiger partial charge in [-0.2, -0.15) is 0 Å². The highest BCUT2D eigenvalue weighted by Crippen LogP contribution is 2.19. The smallest absolute Gasteiger partial charge is 0.319 e. The van der Waals surface area contributed by atoms with Crippen molar-refractivity contribution in [2.75, 3.05) is 5.73 Å². The summed E-state index contributed by atoms with van der Waals surface area (Å²) in [6.45, 7) is 5.58. The van der Waals surface area contributed by atoms with E-state index >= 15 is 0 Å². The number of hydrogen-bond acceptors (Lipinski definition) is 4. The van der Waals surface area contributed by atoms with Crippen molar-refractivity contribution in [3.05, 3.63) is 29.8 Å². The molecule has 4 heteroatoms. The van der Waals surface area contributed by atoms with Gasteiger partial charge in [-0.15, -0.1) is 11.8 Å². The van der Waals surface area contributed by atoms with Crippen molar-refractivity contribution in [2.45, 2.75) is 37.9 Å². The molecule has 0 amide bonds. The van der Waals surface area contributed by atoms with E-state index in [9.17, 15) is 4.79 Å². The van der Waals surface area contributed by atoms with E-state index in [1.165, 1.54) is 0 Å². The molecule has 17 heavy (non-hydrogen) atoms. The van der Waals surface area contributed by atoms with Crippen molar-refractivity contribution < 1.29 is 9.53 Å². The predicted octanol–water partition coefficient (Wildman–Crippen LogP) is 2.84. The Morgan fingerprint density at radius 3 is 2.41 bits per heavy atom. The number of ether oxygens (including phenoxy) is 1. The minimum atomic E-state index is -0.152. The lowest BCUT2D eigenvalue weighted by Crippen LogP contribution is -2.20. The summed E-state index contributed by atoms with van der Waals surface area (Å²) in [4.78, 5) is 11.6. The van der Waals surface area contributed by atoms with Crippen molar-refractivity contribution in [1.29, 1.82) is 0 Å². The third kappa shape index (κ3) is 5.13. The van der Waals surface area contributed by atoms with Crippen LogP contribution in [0.15, 0.2) is 24.3 Å². The van der Waals surface area contributed by atoms with Gasteiger partial charge >= 0.3 is 5.97 Å². The fraction of sp³-hybridized carbons (Fsp3) is 0.462. The third-order valence-electron chi connectivity index (χ3n) is 2.16. The molecule has 3 nitrogen and oxygen atoms in total. The SMILES string of the molecule is CC(C)OC(=O)C(C)SCc1ccc(N)cc1. The first-order valence-corrected chi connectivity index (χ1v) is 6.70. The zero-order chi connectivity index (χ0) is 12.8. The van der Waals surface area contributed by atoms with Crippen LogP contribution in [0, 0.1) is 0 Å². The van der Waals surface area contributed by atoms with Crippen LogP contribution in [0.2, 0.25) is 0 Å². The molecule has 0 spiro atoms. The number of carbonyl (C=O) groups is 1. The maximum Gasteiger partial charge on any atom is 0.319 e. The summed E-state index contributed by atoms with van der Waals surface area (Å²) in [7, 11) is 0. The van der Waals surface area contributed by atoms with Gasteiger partial charge in [0.05, 0.1) is 11.4 Å². The number of nitrogen functional groups attached to an aromatic ring is 1. The van der Waals surface area contributed by atoms with E-state index in [0.29, 0.717) is 0 Å². The maximum absolute atomic E-state index is 11.6. The molecule has 0 saturated carbocycles. The van der Waals surface area contributed by atoms with E-state index in [-0.39, 0.29) is 17.3 Å². The van der Waals surface area contributed by atoms with Gasteiger partial charge in [0.1, 0.15) is 0 Å². The van der Waals surface area contributed by atoms with E-state index in [0.717, 1.165) is 17.0 Å². The molecule has 0 aliphatic carbocycles. The Hall–Kier alpha value is -1.16. The summed E-state index contributed by atoms with van der Waals surface area (Å²) in [5.74, 6) is 0.634. The zero-order valence-corrected chi connectivity index (χ0v) is 11.3. The van der Waals surface area contributed by atoms with Gasteiger partial charge in [0.15, 0.2) is 0 Å². The first-order chi connectivity index (χ1) is 7.99. The number of benzene rings is 1. The highest BCUT2D eigenvalue weighted by Gasteiger charge is 2.15. The first kappa shape index (κ1) is 13.9. The third-order valence-corrected chi connectivity index (χ3v) is 3.36. The van der Waals surface area contributed by atoms with Crippen LogP contribution in [-0.4, -0.2) is 17.3 Å². The van der Waals surface area contributed by atoms with Gasteiger partial charge in [-0.25, -0.2) is 0 Å². The van der Waals surface area contributed by atoms with Gasteiger partial charge < -0.3 is 10.5 Å². The molecule has 1 atom stereocenters. The molecule has 0 heterocycles. The fourth-order valence-electron chi connectivity index (χ4n) is 1.23. The van der Waals surface area contributed by atoms with Crippen LogP contribution in [0.3, 0.4) is 0 Å². The molecule has 1 unspecified atom stereocenters. The van der Waals surface area contributed by atoms with Crippen LogP contribution in [0.25, 0.3) is 0 Å². The zero-order valence-electron chi connectivity index (χ0n) is 10.5. The second-order valence-electron chi connectivity index (χ2n) is 4.18. The molecule has 2 N–H and O–H groups in total. The van der Waals surface area contributed by atoms with E-state index < -0.39 is 0 Å². The molecule has 1 aromatic rings. The van der Waals surface area contributed by atoms with Crippen LogP contribution < -0.4 is 5.73 Å². The molecule has 0 fully saturated rings. The molecule has 0 aromatic heterocycles. The number of nitrogens with two attached hydrogens (primary N) is 1. The summed E-state index contributed by atoms with van der Waals surface area (Å²) < 4.78 is 5.14. The lowest BCUT2D eigenvalue weighted by Gasteiger charge is -2.13. The van der Waals surface area contributed by atoms with E-state index in [4.69, 9.17) is 10.5 Å². The van der Waals surface area contributed by atoms with Crippen LogP contribution in [0.5, 0.6) is 0 Å². The molecular weight excluding hydrogens is 234 g/mol. The van der Waals surface area contributed by atoms with Crippen molar-refractivity contribution in [1.82, 2.24) is 0 Å². The Kier molecular flexibility index (Phi) is 5.35. The Balaban J connectivity index is 2.40. The van der Waals surface area contributed by atoms with Crippen LogP contribution in [0.1, 0.15) is 26.3 Å². The largest absolute Gasteiger partial charge is 0.462 e. The van der Waals surface area contributed by atoms with Crippen molar-refractivity contribution >= 4 is 23.4 Å². The number of thioether (sulfide) groups is 1. The number of hydrogen-bond donors (Lipinski definition) is 1. The van der Waals surface area contributed by atoms with Crippen molar-refractivity contribution in [2.24, 2.45) is 0 Å². The standard InChI is InChI=1S/C13H19NO2S/c1-9(2)16-13(15)10(3)17-8-11-4-6-12(14)7-5-11/h4-7,9-10H,8,14H2,1-3H3. The minimum Gasteiger partial charge on any atom is -0.462 e. The van der Waals surface area contributed by atoms with Gasteiger partial charge in [0.25, 0.3) is 0 Å². The van der Waals surface area contributed by atoms with Crippen LogP contribution in [-0.2, 0) is 15.3 Å². The van der Waals surface area contributed by atoms with Crippen molar-refractivity contribution in [3.63, 3.8) is 0 Å². The summed E-state index contributed by atoms with van der Waals surface area (Å²) in [5.41, 5.74) is 7.52. The van der Waals surface area contributed by atoms with E-state index in [2.05, 4.69) is 0 Å². The molecule has 0 saturated heterocycles. The van der Waals surface area contributed by atoms with E-state index in [1.54, 1.807) is 11.8 Å². The molecule has 1 rings (SSSR count). The fourth-order valence-corrected chi connectivity index (χ4v) is 2.06. The van der Waals surface area contributed by atoms with Gasteiger partial charge in [0, 0.05) is 11.4 Å². The maximum atomic E-state index is 11.6. The predicted molar refractivity (Wildman–Crippen MR) is 72.8 cm³/mol. The average Bonchev–Trinajstić information content (AvgIpc) is 2.27. The van der Waals surface area contributed by atoms with Gasteiger partial charge in [-0.1, -0.05) is 12.1 Å². The molecule has 0 aliphatic rings. The summed E-state index contributed by atoms with van der Waals surface area (Å²) in [6.07, 6.45) is -0.0536. The molecule has 94 valence electrons. The number of anilines is 1. The minimum absolute atomic E-state index is 0.0536. The summed E-state index contributed by atoms with van der Waals surface area (Å²) in [6, 6.07) is 7.69. The molecular formula is C13H19NO2S. The lowest BCUT2D eigenvalue weighted by atomic mass is 10.2. The molecule has 0 bridgehead atoms. The quantitative estimate of drug-likeness (QED) is 0.647. The normalized spacial score (nSPS) is 12.5. The second kappa shape index (κ2) is 6.55. The Bertz CT molecular complexity index is 362. The highest BCUT2D eigenvalue weighted by atomic mass is 32.2. The Morgan fingerprint density at radius 2 is 1.88 bits per heavy atom. The Labute approximate surface area is 107 Å². The van der Waals surface area contributed by atoms with Gasteiger partial charge in [-0.3, -0.25) is 4.79 Å². The average molecular weight is 253 g/mol. The summed E-state index contributed by atoms with van der Waals surface area (Å²) >= 11 is 1.57. The number of rotatable bonds is 5. The first-order valence-electron chi connectivity index (χ1n) is 5.65. The van der Waals surface area contributed by atoms with E-state index in [1.807, 2.05) is 45.0 Å². The van der Waals surface area contributed by atoms with Crippen LogP contribution >= 0.6 is 11.8 Å². The molecule has 1 aromatic carbocycles. The van der Waals surface area contributed by atoms with Crippen LogP contribution in [0.4, 0.5) is 5.69 Å². The number of carbonyl (C=O) groups excluding carboxylic acids is 1. The summed E-state index contributed by atoms with van der Waals surface area (Å²) in [5, 5.41) is -0.144.